The minimum absolute atomic E-state index is 0.0322. The second-order valence-electron chi connectivity index (χ2n) is 13.6. The van der Waals surface area contributed by atoms with Gasteiger partial charge in [-0.2, -0.15) is 4.31 Å². The molecular formula is C41H43N5O8S. The van der Waals surface area contributed by atoms with Crippen LogP contribution in [0, 0.1) is 5.41 Å². The lowest BCUT2D eigenvalue weighted by Crippen LogP contribution is -2.52. The van der Waals surface area contributed by atoms with Crippen LogP contribution < -0.4 is 5.32 Å². The topological polar surface area (TPSA) is 166 Å². The summed E-state index contributed by atoms with van der Waals surface area (Å²) in [5.74, 6) is -1.20. The lowest BCUT2D eigenvalue weighted by Gasteiger charge is -2.36. The molecule has 0 radical (unpaired) electrons. The lowest BCUT2D eigenvalue weighted by molar-refractivity contribution is -0.122. The maximum Gasteiger partial charge on any atom is 0.413 e. The first-order valence-corrected chi connectivity index (χ1v) is 19.8. The summed E-state index contributed by atoms with van der Waals surface area (Å²) in [6.45, 7) is 2.05. The van der Waals surface area contributed by atoms with Crippen LogP contribution in [0.3, 0.4) is 0 Å². The van der Waals surface area contributed by atoms with Crippen molar-refractivity contribution in [3.8, 4) is 0 Å². The third-order valence-electron chi connectivity index (χ3n) is 9.81. The SMILES string of the molecule is CS(=O)(=O)N1CCN([C@H]2C[C@@H](C(=O)Cc3ccc(C(=O)OCc4ccccc4)cc3)N(C(=O)c3ccc(C(=N)NC(=O)OCc4ccccc4)cc3)C2)CC1. The van der Waals surface area contributed by atoms with Crippen molar-refractivity contribution in [3.05, 3.63) is 143 Å². The number of ether oxygens (including phenoxy) is 2. The van der Waals surface area contributed by atoms with Gasteiger partial charge in [-0.05, 0) is 47.4 Å². The molecule has 2 aliphatic rings. The number of benzene rings is 4. The summed E-state index contributed by atoms with van der Waals surface area (Å²) in [5, 5.41) is 10.7. The van der Waals surface area contributed by atoms with Gasteiger partial charge in [0.1, 0.15) is 19.0 Å². The third-order valence-corrected chi connectivity index (χ3v) is 11.1. The smallest absolute Gasteiger partial charge is 0.413 e. The lowest BCUT2D eigenvalue weighted by atomic mass is 9.99. The molecule has 4 aromatic rings. The van der Waals surface area contributed by atoms with E-state index in [9.17, 15) is 27.6 Å². The number of nitrogens with one attached hydrogen (secondary N) is 2. The van der Waals surface area contributed by atoms with Gasteiger partial charge in [-0.25, -0.2) is 18.0 Å². The summed E-state index contributed by atoms with van der Waals surface area (Å²) in [4.78, 5) is 56.7. The van der Waals surface area contributed by atoms with Gasteiger partial charge in [0, 0.05) is 56.3 Å². The van der Waals surface area contributed by atoms with Crippen molar-refractivity contribution in [1.82, 2.24) is 19.4 Å². The molecule has 4 aromatic carbocycles. The number of esters is 1. The average Bonchev–Trinajstić information content (AvgIpc) is 3.66. The number of likely N-dealkylation sites (tertiary alicyclic amines) is 1. The fraction of sp³-hybridized carbons (Fsp3) is 0.293. The predicted molar refractivity (Wildman–Crippen MR) is 205 cm³/mol. The molecule has 0 unspecified atom stereocenters. The summed E-state index contributed by atoms with van der Waals surface area (Å²) < 4.78 is 36.3. The molecule has 0 aromatic heterocycles. The largest absolute Gasteiger partial charge is 0.457 e. The second kappa shape index (κ2) is 17.6. The van der Waals surface area contributed by atoms with Crippen molar-refractivity contribution in [2.75, 3.05) is 39.0 Å². The Morgan fingerprint density at radius 3 is 1.84 bits per heavy atom. The van der Waals surface area contributed by atoms with Gasteiger partial charge < -0.3 is 14.4 Å². The minimum atomic E-state index is -3.33. The number of amides is 2. The number of carbonyl (C=O) groups excluding carboxylic acids is 4. The average molecular weight is 766 g/mol. The number of Topliss-reactive ketones (excluding diaryl/α,β-unsaturated/α-hetero) is 1. The van der Waals surface area contributed by atoms with Gasteiger partial charge in [-0.15, -0.1) is 0 Å². The highest BCUT2D eigenvalue weighted by Crippen LogP contribution is 2.28. The Morgan fingerprint density at radius 2 is 1.25 bits per heavy atom. The maximum atomic E-state index is 14.1. The molecule has 0 aliphatic carbocycles. The van der Waals surface area contributed by atoms with E-state index < -0.39 is 28.1 Å². The number of alkyl carbamates (subject to hydrolysis) is 1. The molecule has 0 saturated carbocycles. The first kappa shape index (κ1) is 39.0. The molecule has 0 spiro atoms. The van der Waals surface area contributed by atoms with Crippen LogP contribution in [0.15, 0.2) is 109 Å². The van der Waals surface area contributed by atoms with E-state index in [1.807, 2.05) is 60.7 Å². The number of hydrogen-bond donors (Lipinski definition) is 2. The predicted octanol–water partition coefficient (Wildman–Crippen LogP) is 4.27. The highest BCUT2D eigenvalue weighted by Gasteiger charge is 2.42. The third kappa shape index (κ3) is 10.3. The zero-order chi connectivity index (χ0) is 39.0. The molecule has 2 amide bonds. The van der Waals surface area contributed by atoms with E-state index in [-0.39, 0.29) is 49.7 Å². The Kier molecular flexibility index (Phi) is 12.5. The van der Waals surface area contributed by atoms with Crippen molar-refractivity contribution < 1.29 is 37.1 Å². The highest BCUT2D eigenvalue weighted by atomic mass is 32.2. The molecule has 2 N–H and O–H groups in total. The van der Waals surface area contributed by atoms with Crippen LogP contribution in [-0.2, 0) is 43.9 Å². The van der Waals surface area contributed by atoms with Gasteiger partial charge in [-0.3, -0.25) is 25.2 Å². The number of sulfonamides is 1. The summed E-state index contributed by atoms with van der Waals surface area (Å²) in [7, 11) is -3.33. The molecule has 0 bridgehead atoms. The summed E-state index contributed by atoms with van der Waals surface area (Å²) in [6.07, 6.45) is 0.817. The molecule has 2 heterocycles. The van der Waals surface area contributed by atoms with Crippen LogP contribution in [0.5, 0.6) is 0 Å². The Morgan fingerprint density at radius 1 is 0.709 bits per heavy atom. The number of amidine groups is 1. The second-order valence-corrected chi connectivity index (χ2v) is 15.6. The van der Waals surface area contributed by atoms with E-state index in [0.717, 1.165) is 11.1 Å². The first-order chi connectivity index (χ1) is 26.4. The van der Waals surface area contributed by atoms with Crippen LogP contribution in [-0.4, -0.2) is 103 Å². The van der Waals surface area contributed by atoms with E-state index in [1.54, 1.807) is 53.4 Å². The van der Waals surface area contributed by atoms with Crippen molar-refractivity contribution in [2.24, 2.45) is 0 Å². The van der Waals surface area contributed by atoms with Crippen molar-refractivity contribution in [2.45, 2.75) is 38.1 Å². The molecular weight excluding hydrogens is 723 g/mol. The van der Waals surface area contributed by atoms with Gasteiger partial charge in [0.25, 0.3) is 5.91 Å². The Hall–Kier alpha value is -5.70. The molecule has 6 rings (SSSR count). The van der Waals surface area contributed by atoms with E-state index in [4.69, 9.17) is 14.9 Å². The number of rotatable bonds is 12. The summed E-state index contributed by atoms with van der Waals surface area (Å²) in [5.41, 5.74) is 3.37. The first-order valence-electron chi connectivity index (χ1n) is 17.9. The molecule has 14 heteroatoms. The van der Waals surface area contributed by atoms with Crippen LogP contribution in [0.25, 0.3) is 0 Å². The highest BCUT2D eigenvalue weighted by molar-refractivity contribution is 7.88. The van der Waals surface area contributed by atoms with Crippen molar-refractivity contribution in [1.29, 1.82) is 5.41 Å². The molecule has 13 nitrogen and oxygen atoms in total. The fourth-order valence-corrected chi connectivity index (χ4v) is 7.60. The Bertz CT molecular complexity index is 2110. The van der Waals surface area contributed by atoms with Crippen LogP contribution >= 0.6 is 0 Å². The van der Waals surface area contributed by atoms with Crippen LogP contribution in [0.1, 0.15) is 49.4 Å². The molecule has 2 atom stereocenters. The van der Waals surface area contributed by atoms with Crippen molar-refractivity contribution in [3.63, 3.8) is 0 Å². The zero-order valence-electron chi connectivity index (χ0n) is 30.4. The molecule has 55 heavy (non-hydrogen) atoms. The van der Waals surface area contributed by atoms with E-state index in [2.05, 4.69) is 10.2 Å². The van der Waals surface area contributed by atoms with Gasteiger partial charge in [0.15, 0.2) is 5.78 Å². The monoisotopic (exact) mass is 765 g/mol. The van der Waals surface area contributed by atoms with Crippen LogP contribution in [0.2, 0.25) is 0 Å². The molecule has 2 fully saturated rings. The summed E-state index contributed by atoms with van der Waals surface area (Å²) in [6, 6.07) is 30.5. The Labute approximate surface area is 320 Å². The molecule has 2 aliphatic heterocycles. The van der Waals surface area contributed by atoms with Gasteiger partial charge >= 0.3 is 12.1 Å². The van der Waals surface area contributed by atoms with Crippen LogP contribution in [0.4, 0.5) is 4.79 Å². The normalized spacial score (nSPS) is 17.7. The standard InChI is InChI=1S/C41H43N5O8S/c1-55(51,52)45-22-20-44(21-23-45)35-25-36(37(47)24-29-12-14-34(15-13-29)40(49)53-27-30-8-4-2-5-9-30)46(26-35)39(48)33-18-16-32(17-19-33)38(42)43-41(50)54-28-31-10-6-3-7-11-31/h2-19,35-36H,20-28H2,1H3,(H2,42,43,50)/t35-,36-/m0/s1. The van der Waals surface area contributed by atoms with Gasteiger partial charge in [0.2, 0.25) is 10.0 Å². The number of nitrogens with zero attached hydrogens (tertiary/aromatic N) is 3. The Balaban J connectivity index is 1.11. The summed E-state index contributed by atoms with van der Waals surface area (Å²) >= 11 is 0. The minimum Gasteiger partial charge on any atom is -0.457 e. The maximum absolute atomic E-state index is 14.1. The number of carbonyl (C=O) groups is 4. The fourth-order valence-electron chi connectivity index (χ4n) is 6.77. The van der Waals surface area contributed by atoms with Gasteiger partial charge in [-0.1, -0.05) is 84.9 Å². The molecule has 2 saturated heterocycles. The number of ketones is 1. The zero-order valence-corrected chi connectivity index (χ0v) is 31.2. The molecule has 286 valence electrons. The van der Waals surface area contributed by atoms with E-state index in [0.29, 0.717) is 54.9 Å². The number of piperazine rings is 1. The quantitative estimate of drug-likeness (QED) is 0.122. The van der Waals surface area contributed by atoms with Gasteiger partial charge in [0.05, 0.1) is 17.9 Å². The number of hydrogen-bond acceptors (Lipinski definition) is 10. The van der Waals surface area contributed by atoms with Crippen molar-refractivity contribution >= 4 is 39.6 Å². The van der Waals surface area contributed by atoms with E-state index >= 15 is 0 Å². The van der Waals surface area contributed by atoms with E-state index in [1.165, 1.54) is 10.6 Å².